The normalized spacial score (nSPS) is 9.31. The maximum absolute atomic E-state index is 11.4. The minimum Gasteiger partial charge on any atom is -0.340 e. The Bertz CT molecular complexity index is 359. The van der Waals surface area contributed by atoms with Crippen molar-refractivity contribution >= 4 is 5.91 Å². The summed E-state index contributed by atoms with van der Waals surface area (Å²) in [6.45, 7) is 2.07. The molecular weight excluding hydrogens is 166 g/mol. The zero-order valence-electron chi connectivity index (χ0n) is 7.66. The number of terminal acetylenes is 1. The fourth-order valence-corrected chi connectivity index (χ4v) is 1.04. The zero-order chi connectivity index (χ0) is 9.84. The first-order chi connectivity index (χ1) is 6.15. The Labute approximate surface area is 76.9 Å². The molecule has 0 radical (unpaired) electrons. The third-order valence-electron chi connectivity index (χ3n) is 1.59. The molecule has 0 aliphatic rings. The number of rotatable bonds is 2. The second-order valence-electron chi connectivity index (χ2n) is 2.68. The highest BCUT2D eigenvalue weighted by Crippen LogP contribution is 2.00. The van der Waals surface area contributed by atoms with Gasteiger partial charge in [0.05, 0.1) is 12.2 Å². The van der Waals surface area contributed by atoms with Crippen LogP contribution in [-0.4, -0.2) is 22.2 Å². The first-order valence-corrected chi connectivity index (χ1v) is 3.87. The molecule has 0 unspecified atom stereocenters. The van der Waals surface area contributed by atoms with Crippen LogP contribution < -0.4 is 5.32 Å². The predicted molar refractivity (Wildman–Crippen MR) is 49.1 cm³/mol. The number of aryl methyl sites for hydroxylation is 2. The Kier molecular flexibility index (Phi) is 2.70. The van der Waals surface area contributed by atoms with Gasteiger partial charge in [0.25, 0.3) is 5.91 Å². The molecule has 0 aliphatic heterocycles. The van der Waals surface area contributed by atoms with E-state index in [1.165, 1.54) is 4.68 Å². The van der Waals surface area contributed by atoms with Crippen LogP contribution in [0.1, 0.15) is 16.2 Å². The number of nitrogens with one attached hydrogen (secondary N) is 1. The molecule has 0 aromatic carbocycles. The Morgan fingerprint density at radius 2 is 2.54 bits per heavy atom. The van der Waals surface area contributed by atoms with Gasteiger partial charge in [-0.2, -0.15) is 5.10 Å². The molecule has 0 atom stereocenters. The summed E-state index contributed by atoms with van der Waals surface area (Å²) in [4.78, 5) is 11.4. The monoisotopic (exact) mass is 177 g/mol. The van der Waals surface area contributed by atoms with E-state index in [1.807, 2.05) is 6.92 Å². The number of nitrogens with zero attached hydrogens (tertiary/aromatic N) is 2. The molecule has 0 saturated carbocycles. The molecule has 1 aromatic rings. The van der Waals surface area contributed by atoms with Crippen molar-refractivity contribution in [2.75, 3.05) is 6.54 Å². The molecule has 68 valence electrons. The number of hydrogen-bond donors (Lipinski definition) is 1. The Morgan fingerprint density at radius 3 is 3.00 bits per heavy atom. The minimum absolute atomic E-state index is 0.193. The summed E-state index contributed by atoms with van der Waals surface area (Å²) in [5.41, 5.74) is 1.33. The molecule has 1 N–H and O–H groups in total. The van der Waals surface area contributed by atoms with Crippen molar-refractivity contribution in [1.82, 2.24) is 15.1 Å². The van der Waals surface area contributed by atoms with Gasteiger partial charge < -0.3 is 5.32 Å². The predicted octanol–water partition coefficient (Wildman–Crippen LogP) is 0.0915. The van der Waals surface area contributed by atoms with E-state index < -0.39 is 0 Å². The molecule has 0 aliphatic carbocycles. The molecule has 0 spiro atoms. The van der Waals surface area contributed by atoms with Crippen LogP contribution in [0.3, 0.4) is 0 Å². The van der Waals surface area contributed by atoms with Crippen LogP contribution in [0, 0.1) is 19.3 Å². The molecule has 4 heteroatoms. The quantitative estimate of drug-likeness (QED) is 0.651. The first kappa shape index (κ1) is 9.33. The lowest BCUT2D eigenvalue weighted by molar-refractivity contribution is 0.0949. The van der Waals surface area contributed by atoms with E-state index >= 15 is 0 Å². The van der Waals surface area contributed by atoms with Gasteiger partial charge in [-0.1, -0.05) is 5.92 Å². The van der Waals surface area contributed by atoms with Crippen molar-refractivity contribution in [2.45, 2.75) is 6.92 Å². The minimum atomic E-state index is -0.193. The van der Waals surface area contributed by atoms with Crippen molar-refractivity contribution < 1.29 is 4.79 Å². The van der Waals surface area contributed by atoms with Crippen molar-refractivity contribution in [2.24, 2.45) is 7.05 Å². The van der Waals surface area contributed by atoms with Gasteiger partial charge in [0, 0.05) is 7.05 Å². The van der Waals surface area contributed by atoms with Crippen LogP contribution in [0.4, 0.5) is 0 Å². The summed E-state index contributed by atoms with van der Waals surface area (Å²) in [7, 11) is 1.72. The van der Waals surface area contributed by atoms with Crippen molar-refractivity contribution in [3.8, 4) is 12.3 Å². The number of aromatic nitrogens is 2. The van der Waals surface area contributed by atoms with E-state index in [9.17, 15) is 4.79 Å². The smallest absolute Gasteiger partial charge is 0.270 e. The summed E-state index contributed by atoms with van der Waals surface area (Å²) in [6, 6.07) is 1.71. The fraction of sp³-hybridized carbons (Fsp3) is 0.333. The van der Waals surface area contributed by atoms with Crippen LogP contribution in [0.2, 0.25) is 0 Å². The van der Waals surface area contributed by atoms with Crippen LogP contribution in [0.15, 0.2) is 6.07 Å². The van der Waals surface area contributed by atoms with E-state index in [1.54, 1.807) is 13.1 Å². The SMILES string of the molecule is C#CCNC(=O)c1cc(C)nn1C. The standard InChI is InChI=1S/C9H11N3O/c1-4-5-10-9(13)8-6-7(2)11-12(8)3/h1,6H,5H2,2-3H3,(H,10,13). The lowest BCUT2D eigenvalue weighted by Crippen LogP contribution is -2.25. The van der Waals surface area contributed by atoms with Crippen molar-refractivity contribution in [1.29, 1.82) is 0 Å². The molecule has 0 fully saturated rings. The largest absolute Gasteiger partial charge is 0.340 e. The van der Waals surface area contributed by atoms with E-state index in [-0.39, 0.29) is 12.5 Å². The second-order valence-corrected chi connectivity index (χ2v) is 2.68. The molecule has 1 rings (SSSR count). The molecular formula is C9H11N3O. The highest BCUT2D eigenvalue weighted by molar-refractivity contribution is 5.92. The van der Waals surface area contributed by atoms with E-state index in [2.05, 4.69) is 16.3 Å². The van der Waals surface area contributed by atoms with Gasteiger partial charge in [-0.05, 0) is 13.0 Å². The first-order valence-electron chi connectivity index (χ1n) is 3.87. The van der Waals surface area contributed by atoms with Gasteiger partial charge in [-0.25, -0.2) is 0 Å². The van der Waals surface area contributed by atoms with Gasteiger partial charge in [0.2, 0.25) is 0 Å². The third kappa shape index (κ3) is 2.09. The average Bonchev–Trinajstić information content (AvgIpc) is 2.41. The van der Waals surface area contributed by atoms with Gasteiger partial charge in [0.15, 0.2) is 0 Å². The van der Waals surface area contributed by atoms with Gasteiger partial charge in [0.1, 0.15) is 5.69 Å². The highest BCUT2D eigenvalue weighted by atomic mass is 16.2. The maximum Gasteiger partial charge on any atom is 0.270 e. The van der Waals surface area contributed by atoms with E-state index in [0.29, 0.717) is 5.69 Å². The molecule has 1 heterocycles. The van der Waals surface area contributed by atoms with Crippen LogP contribution in [-0.2, 0) is 7.05 Å². The van der Waals surface area contributed by atoms with Crippen LogP contribution >= 0.6 is 0 Å². The van der Waals surface area contributed by atoms with Crippen molar-refractivity contribution in [3.05, 3.63) is 17.5 Å². The average molecular weight is 177 g/mol. The fourth-order valence-electron chi connectivity index (χ4n) is 1.04. The van der Waals surface area contributed by atoms with Gasteiger partial charge >= 0.3 is 0 Å². The van der Waals surface area contributed by atoms with Gasteiger partial charge in [-0.3, -0.25) is 9.48 Å². The molecule has 13 heavy (non-hydrogen) atoms. The topological polar surface area (TPSA) is 46.9 Å². The Morgan fingerprint density at radius 1 is 1.85 bits per heavy atom. The van der Waals surface area contributed by atoms with E-state index in [0.717, 1.165) is 5.69 Å². The lowest BCUT2D eigenvalue weighted by atomic mass is 10.3. The molecule has 4 nitrogen and oxygen atoms in total. The maximum atomic E-state index is 11.4. The molecule has 1 aromatic heterocycles. The Balaban J connectivity index is 2.78. The summed E-state index contributed by atoms with van der Waals surface area (Å²) in [5.74, 6) is 2.14. The third-order valence-corrected chi connectivity index (χ3v) is 1.59. The van der Waals surface area contributed by atoms with Crippen LogP contribution in [0.5, 0.6) is 0 Å². The molecule has 1 amide bonds. The molecule has 0 bridgehead atoms. The highest BCUT2D eigenvalue weighted by Gasteiger charge is 2.09. The summed E-state index contributed by atoms with van der Waals surface area (Å²) >= 11 is 0. The second kappa shape index (κ2) is 3.76. The molecule has 0 saturated heterocycles. The van der Waals surface area contributed by atoms with Crippen LogP contribution in [0.25, 0.3) is 0 Å². The summed E-state index contributed by atoms with van der Waals surface area (Å²) in [6.07, 6.45) is 5.01. The summed E-state index contributed by atoms with van der Waals surface area (Å²) < 4.78 is 1.53. The lowest BCUT2D eigenvalue weighted by Gasteiger charge is -2.00. The number of carbonyl (C=O) groups is 1. The number of amides is 1. The number of hydrogen-bond acceptors (Lipinski definition) is 2. The summed E-state index contributed by atoms with van der Waals surface area (Å²) in [5, 5.41) is 6.61. The van der Waals surface area contributed by atoms with Crippen molar-refractivity contribution in [3.63, 3.8) is 0 Å². The Hall–Kier alpha value is -1.76. The zero-order valence-corrected chi connectivity index (χ0v) is 7.66. The van der Waals surface area contributed by atoms with E-state index in [4.69, 9.17) is 6.42 Å². The van der Waals surface area contributed by atoms with Gasteiger partial charge in [-0.15, -0.1) is 6.42 Å². The number of carbonyl (C=O) groups excluding carboxylic acids is 1.